The Morgan fingerprint density at radius 1 is 1.07 bits per heavy atom. The first-order valence-electron chi connectivity index (χ1n) is 12.1. The van der Waals surface area contributed by atoms with E-state index in [1.807, 2.05) is 0 Å². The minimum Gasteiger partial charge on any atom is -0.370 e. The van der Waals surface area contributed by atoms with Crippen molar-refractivity contribution in [3.8, 4) is 0 Å². The minimum absolute atomic E-state index is 0.0903. The van der Waals surface area contributed by atoms with E-state index >= 15 is 0 Å². The second-order valence-electron chi connectivity index (χ2n) is 8.69. The number of carbonyl (C=O) groups is 2. The molecule has 0 radical (unpaired) electrons. The molecule has 0 spiro atoms. The summed E-state index contributed by atoms with van der Waals surface area (Å²) in [7, 11) is -3.99. The zero-order valence-electron chi connectivity index (χ0n) is 21.8. The standard InChI is InChI=1S/C24H30N10O5S2/c25-23(26)30-9-1-3-17(20(36)21-29-10-12-40-21)32-19(35)13-34-11-2-4-18(22(34)37)33-41(38,39)14-15-5-7-16(8-6-15)31-24(27)28/h2,4-8,10-12,17,33H,1,3,9,13-14H2,(H,32,35)(H4,25,26,30)(H4,27,28,31)/t17-/m0/s1. The Balaban J connectivity index is 1.68. The first-order chi connectivity index (χ1) is 19.4. The third kappa shape index (κ3) is 9.73. The third-order valence-electron chi connectivity index (χ3n) is 5.39. The van der Waals surface area contributed by atoms with Gasteiger partial charge in [0.25, 0.3) is 5.56 Å². The molecule has 1 atom stereocenters. The molecular formula is C24H30N10O5S2. The van der Waals surface area contributed by atoms with Gasteiger partial charge in [0.15, 0.2) is 16.9 Å². The average molecular weight is 603 g/mol. The fourth-order valence-corrected chi connectivity index (χ4v) is 5.46. The van der Waals surface area contributed by atoms with E-state index < -0.39 is 45.6 Å². The van der Waals surface area contributed by atoms with Gasteiger partial charge in [-0.2, -0.15) is 0 Å². The summed E-state index contributed by atoms with van der Waals surface area (Å²) in [6.45, 7) is -0.210. The van der Waals surface area contributed by atoms with E-state index in [0.29, 0.717) is 17.7 Å². The van der Waals surface area contributed by atoms with Crippen LogP contribution in [0, 0.1) is 0 Å². The Bertz CT molecular complexity index is 1580. The number of aliphatic imine (C=N–C) groups is 2. The number of Topliss-reactive ketones (excluding diaryl/α,β-unsaturated/α-hetero) is 1. The number of sulfonamides is 1. The number of aromatic nitrogens is 2. The van der Waals surface area contributed by atoms with Crippen LogP contribution in [0.2, 0.25) is 0 Å². The molecule has 2 aromatic heterocycles. The van der Waals surface area contributed by atoms with Crippen LogP contribution in [0.3, 0.4) is 0 Å². The number of amides is 1. The van der Waals surface area contributed by atoms with Crippen molar-refractivity contribution in [2.75, 3.05) is 11.3 Å². The number of anilines is 1. The minimum atomic E-state index is -3.99. The molecule has 0 unspecified atom stereocenters. The molecule has 41 heavy (non-hydrogen) atoms. The van der Waals surface area contributed by atoms with Crippen molar-refractivity contribution < 1.29 is 18.0 Å². The molecule has 17 heteroatoms. The zero-order chi connectivity index (χ0) is 30.0. The maximum absolute atomic E-state index is 13.0. The van der Waals surface area contributed by atoms with Gasteiger partial charge in [0, 0.05) is 24.3 Å². The Morgan fingerprint density at radius 2 is 1.80 bits per heavy atom. The van der Waals surface area contributed by atoms with Gasteiger partial charge in [-0.25, -0.2) is 18.4 Å². The van der Waals surface area contributed by atoms with Gasteiger partial charge in [0.2, 0.25) is 21.7 Å². The van der Waals surface area contributed by atoms with Gasteiger partial charge in [-0.15, -0.1) is 11.3 Å². The van der Waals surface area contributed by atoms with Gasteiger partial charge in [-0.1, -0.05) is 12.1 Å². The van der Waals surface area contributed by atoms with Gasteiger partial charge in [-0.3, -0.25) is 24.1 Å². The summed E-state index contributed by atoms with van der Waals surface area (Å²) in [5.74, 6) is -1.68. The van der Waals surface area contributed by atoms with Gasteiger partial charge >= 0.3 is 0 Å². The highest BCUT2D eigenvalue weighted by Crippen LogP contribution is 2.16. The van der Waals surface area contributed by atoms with Gasteiger partial charge in [0.05, 0.1) is 17.5 Å². The van der Waals surface area contributed by atoms with Crippen molar-refractivity contribution in [3.63, 3.8) is 0 Å². The molecule has 3 aromatic rings. The molecule has 0 saturated carbocycles. The van der Waals surface area contributed by atoms with Gasteiger partial charge in [0.1, 0.15) is 12.2 Å². The van der Waals surface area contributed by atoms with E-state index in [1.165, 1.54) is 36.7 Å². The van der Waals surface area contributed by atoms with E-state index in [9.17, 15) is 22.8 Å². The van der Waals surface area contributed by atoms with Crippen LogP contribution < -0.4 is 38.5 Å². The lowest BCUT2D eigenvalue weighted by atomic mass is 10.1. The fraction of sp³-hybridized carbons (Fsp3) is 0.250. The van der Waals surface area contributed by atoms with Crippen LogP contribution in [0.15, 0.2) is 69.0 Å². The number of rotatable bonds is 14. The van der Waals surface area contributed by atoms with Crippen LogP contribution in [-0.4, -0.2) is 54.2 Å². The van der Waals surface area contributed by atoms with Crippen LogP contribution in [0.5, 0.6) is 0 Å². The quantitative estimate of drug-likeness (QED) is 0.0600. The monoisotopic (exact) mass is 602 g/mol. The number of nitrogens with one attached hydrogen (secondary N) is 2. The number of nitrogens with two attached hydrogens (primary N) is 4. The highest BCUT2D eigenvalue weighted by Gasteiger charge is 2.24. The molecule has 3 rings (SSSR count). The van der Waals surface area contributed by atoms with E-state index in [1.54, 1.807) is 17.5 Å². The number of pyridine rings is 1. The lowest BCUT2D eigenvalue weighted by molar-refractivity contribution is -0.122. The predicted molar refractivity (Wildman–Crippen MR) is 157 cm³/mol. The molecule has 2 heterocycles. The number of benzene rings is 1. The van der Waals surface area contributed by atoms with Gasteiger partial charge < -0.3 is 32.8 Å². The van der Waals surface area contributed by atoms with Crippen molar-refractivity contribution in [3.05, 3.63) is 75.1 Å². The lowest BCUT2D eigenvalue weighted by Crippen LogP contribution is -2.43. The van der Waals surface area contributed by atoms with Gasteiger partial charge in [-0.05, 0) is 42.7 Å². The second kappa shape index (κ2) is 14.0. The molecule has 0 aliphatic rings. The smallest absolute Gasteiger partial charge is 0.275 e. The van der Waals surface area contributed by atoms with Crippen molar-refractivity contribution in [2.24, 2.45) is 32.9 Å². The molecule has 0 saturated heterocycles. The molecule has 1 aromatic carbocycles. The first-order valence-corrected chi connectivity index (χ1v) is 14.6. The molecule has 0 fully saturated rings. The lowest BCUT2D eigenvalue weighted by Gasteiger charge is -2.17. The molecule has 218 valence electrons. The zero-order valence-corrected chi connectivity index (χ0v) is 23.4. The van der Waals surface area contributed by atoms with E-state index in [0.717, 1.165) is 15.9 Å². The largest absolute Gasteiger partial charge is 0.370 e. The predicted octanol–water partition coefficient (Wildman–Crippen LogP) is -0.427. The summed E-state index contributed by atoms with van der Waals surface area (Å²) in [5.41, 5.74) is 21.2. The SMILES string of the molecule is NC(N)=NCCC[C@H](NC(=O)Cn1cccc(NS(=O)(=O)Cc2ccc(N=C(N)N)cc2)c1=O)C(=O)c1nccs1. The summed E-state index contributed by atoms with van der Waals surface area (Å²) in [6, 6.07) is 7.94. The van der Waals surface area contributed by atoms with Crippen LogP contribution in [0.25, 0.3) is 0 Å². The molecule has 15 nitrogen and oxygen atoms in total. The number of nitrogens with zero attached hydrogens (tertiary/aromatic N) is 4. The van der Waals surface area contributed by atoms with E-state index in [4.69, 9.17) is 22.9 Å². The molecule has 0 bridgehead atoms. The van der Waals surface area contributed by atoms with Crippen LogP contribution in [0.4, 0.5) is 11.4 Å². The normalized spacial score (nSPS) is 11.7. The Labute approximate surface area is 239 Å². The van der Waals surface area contributed by atoms with E-state index in [2.05, 4.69) is 25.0 Å². The Hall–Kier alpha value is -4.77. The highest BCUT2D eigenvalue weighted by atomic mass is 32.2. The molecule has 0 aliphatic carbocycles. The number of carbonyl (C=O) groups excluding carboxylic acids is 2. The average Bonchev–Trinajstić information content (AvgIpc) is 3.43. The summed E-state index contributed by atoms with van der Waals surface area (Å²) >= 11 is 1.13. The van der Waals surface area contributed by atoms with Crippen molar-refractivity contribution in [1.29, 1.82) is 0 Å². The summed E-state index contributed by atoms with van der Waals surface area (Å²) in [4.78, 5) is 50.5. The second-order valence-corrected chi connectivity index (χ2v) is 11.3. The Kier molecular flexibility index (Phi) is 10.5. The maximum Gasteiger partial charge on any atom is 0.275 e. The van der Waals surface area contributed by atoms with E-state index in [-0.39, 0.29) is 35.6 Å². The Morgan fingerprint density at radius 3 is 2.44 bits per heavy atom. The fourth-order valence-electron chi connectivity index (χ4n) is 3.64. The summed E-state index contributed by atoms with van der Waals surface area (Å²) in [5, 5.41) is 4.49. The highest BCUT2D eigenvalue weighted by molar-refractivity contribution is 7.91. The number of hydrogen-bond acceptors (Lipinski definition) is 9. The van der Waals surface area contributed by atoms with Crippen molar-refractivity contribution >= 4 is 56.3 Å². The molecular weight excluding hydrogens is 572 g/mol. The van der Waals surface area contributed by atoms with Crippen LogP contribution in [-0.2, 0) is 27.1 Å². The maximum atomic E-state index is 13.0. The van der Waals surface area contributed by atoms with Crippen molar-refractivity contribution in [2.45, 2.75) is 31.2 Å². The molecule has 10 N–H and O–H groups in total. The topological polar surface area (TPSA) is 256 Å². The molecule has 0 aliphatic heterocycles. The summed E-state index contributed by atoms with van der Waals surface area (Å²) in [6.07, 6.45) is 3.43. The number of guanidine groups is 2. The van der Waals surface area contributed by atoms with Crippen molar-refractivity contribution in [1.82, 2.24) is 14.9 Å². The van der Waals surface area contributed by atoms with Crippen LogP contribution in [0.1, 0.15) is 28.2 Å². The number of ketones is 1. The van der Waals surface area contributed by atoms with Crippen LogP contribution >= 0.6 is 11.3 Å². The third-order valence-corrected chi connectivity index (χ3v) is 7.42. The molecule has 1 amide bonds. The summed E-state index contributed by atoms with van der Waals surface area (Å²) < 4.78 is 28.8. The first kappa shape index (κ1) is 30.8. The number of hydrogen-bond donors (Lipinski definition) is 6. The number of thiazole rings is 1.